The molecule has 158 valence electrons. The normalized spacial score (nSPS) is 16.0. The molecule has 0 spiro atoms. The highest BCUT2D eigenvalue weighted by Gasteiger charge is 2.33. The van der Waals surface area contributed by atoms with Crippen LogP contribution in [0, 0.1) is 0 Å². The molecule has 4 nitrogen and oxygen atoms in total. The molecular weight excluding hydrogens is 381 g/mol. The third-order valence-electron chi connectivity index (χ3n) is 5.12. The third-order valence-corrected chi connectivity index (χ3v) is 5.12. The number of benzene rings is 2. The second-order valence-electron chi connectivity index (χ2n) is 7.13. The maximum absolute atomic E-state index is 13.2. The number of hydrogen-bond acceptors (Lipinski definition) is 4. The highest BCUT2D eigenvalue weighted by molar-refractivity contribution is 5.43. The van der Waals surface area contributed by atoms with E-state index in [0.717, 1.165) is 50.1 Å². The number of ether oxygens (including phenoxy) is 2. The maximum Gasteiger partial charge on any atom is 0.416 e. The van der Waals surface area contributed by atoms with Crippen LogP contribution >= 0.6 is 0 Å². The lowest BCUT2D eigenvalue weighted by molar-refractivity contribution is -0.138. The summed E-state index contributed by atoms with van der Waals surface area (Å²) in [7, 11) is 1.62. The SMILES string of the molecule is CCOc1cc(CN2CCN(Cc3ccccc3C(F)(F)F)CC2)ccc1OC. The molecule has 3 rings (SSSR count). The van der Waals surface area contributed by atoms with Gasteiger partial charge in [-0.1, -0.05) is 24.3 Å². The van der Waals surface area contributed by atoms with Crippen LogP contribution in [0.15, 0.2) is 42.5 Å². The Labute approximate surface area is 169 Å². The molecule has 1 saturated heterocycles. The van der Waals surface area contributed by atoms with Crippen molar-refractivity contribution in [3.63, 3.8) is 0 Å². The van der Waals surface area contributed by atoms with Gasteiger partial charge in [-0.15, -0.1) is 0 Å². The molecule has 7 heteroatoms. The van der Waals surface area contributed by atoms with E-state index >= 15 is 0 Å². The molecular formula is C22H27F3N2O2. The smallest absolute Gasteiger partial charge is 0.416 e. The lowest BCUT2D eigenvalue weighted by Crippen LogP contribution is -2.45. The highest BCUT2D eigenvalue weighted by atomic mass is 19.4. The van der Waals surface area contributed by atoms with Crippen LogP contribution < -0.4 is 9.47 Å². The predicted octanol–water partition coefficient (Wildman–Crippen LogP) is 4.43. The zero-order valence-electron chi connectivity index (χ0n) is 16.8. The maximum atomic E-state index is 13.2. The monoisotopic (exact) mass is 408 g/mol. The first-order valence-electron chi connectivity index (χ1n) is 9.80. The van der Waals surface area contributed by atoms with Crippen molar-refractivity contribution < 1.29 is 22.6 Å². The van der Waals surface area contributed by atoms with Crippen molar-refractivity contribution in [1.29, 1.82) is 0 Å². The number of piperazine rings is 1. The molecule has 29 heavy (non-hydrogen) atoms. The van der Waals surface area contributed by atoms with E-state index < -0.39 is 11.7 Å². The van der Waals surface area contributed by atoms with Gasteiger partial charge in [0.1, 0.15) is 0 Å². The van der Waals surface area contributed by atoms with Crippen molar-refractivity contribution in [1.82, 2.24) is 9.80 Å². The summed E-state index contributed by atoms with van der Waals surface area (Å²) >= 11 is 0. The molecule has 1 fully saturated rings. The third kappa shape index (κ3) is 5.64. The number of rotatable bonds is 7. The molecule has 1 aliphatic heterocycles. The quantitative estimate of drug-likeness (QED) is 0.677. The number of halogens is 3. The minimum absolute atomic E-state index is 0.320. The molecule has 0 amide bonds. The zero-order valence-corrected chi connectivity index (χ0v) is 16.8. The van der Waals surface area contributed by atoms with Crippen LogP contribution in [0.5, 0.6) is 11.5 Å². The van der Waals surface area contributed by atoms with Crippen LogP contribution in [0.25, 0.3) is 0 Å². The summed E-state index contributed by atoms with van der Waals surface area (Å²) in [5.41, 5.74) is 0.930. The van der Waals surface area contributed by atoms with Crippen LogP contribution in [0.2, 0.25) is 0 Å². The second-order valence-corrected chi connectivity index (χ2v) is 7.13. The molecule has 1 heterocycles. The largest absolute Gasteiger partial charge is 0.493 e. The van der Waals surface area contributed by atoms with Crippen LogP contribution in [0.1, 0.15) is 23.6 Å². The summed E-state index contributed by atoms with van der Waals surface area (Å²) in [6.07, 6.45) is -4.31. The molecule has 0 bridgehead atoms. The molecule has 0 unspecified atom stereocenters. The van der Waals surface area contributed by atoms with Gasteiger partial charge in [-0.05, 0) is 36.2 Å². The summed E-state index contributed by atoms with van der Waals surface area (Å²) in [6, 6.07) is 11.8. The van der Waals surface area contributed by atoms with E-state index in [1.165, 1.54) is 6.07 Å². The fourth-order valence-electron chi connectivity index (χ4n) is 3.63. The van der Waals surface area contributed by atoms with E-state index in [4.69, 9.17) is 9.47 Å². The topological polar surface area (TPSA) is 24.9 Å². The first-order valence-corrected chi connectivity index (χ1v) is 9.80. The number of nitrogens with zero attached hydrogens (tertiary/aromatic N) is 2. The summed E-state index contributed by atoms with van der Waals surface area (Å²) in [5, 5.41) is 0. The van der Waals surface area contributed by atoms with E-state index in [1.807, 2.05) is 25.1 Å². The number of methoxy groups -OCH3 is 1. The van der Waals surface area contributed by atoms with Crippen molar-refractivity contribution in [3.8, 4) is 11.5 Å². The van der Waals surface area contributed by atoms with Crippen molar-refractivity contribution >= 4 is 0 Å². The lowest BCUT2D eigenvalue weighted by Gasteiger charge is -2.35. The van der Waals surface area contributed by atoms with E-state index in [1.54, 1.807) is 19.2 Å². The molecule has 0 aliphatic carbocycles. The molecule has 0 aromatic heterocycles. The molecule has 0 radical (unpaired) electrons. The summed E-state index contributed by atoms with van der Waals surface area (Å²) in [4.78, 5) is 4.39. The van der Waals surface area contributed by atoms with Gasteiger partial charge < -0.3 is 9.47 Å². The average Bonchev–Trinajstić information content (AvgIpc) is 2.70. The van der Waals surface area contributed by atoms with E-state index in [2.05, 4.69) is 9.80 Å². The molecule has 1 aliphatic rings. The Hall–Kier alpha value is -2.25. The fourth-order valence-corrected chi connectivity index (χ4v) is 3.63. The van der Waals surface area contributed by atoms with Gasteiger partial charge in [0.25, 0.3) is 0 Å². The highest BCUT2D eigenvalue weighted by Crippen LogP contribution is 2.32. The molecule has 2 aromatic rings. The second kappa shape index (κ2) is 9.50. The average molecular weight is 408 g/mol. The fraction of sp³-hybridized carbons (Fsp3) is 0.455. The van der Waals surface area contributed by atoms with Crippen LogP contribution in [0.4, 0.5) is 13.2 Å². The minimum Gasteiger partial charge on any atom is -0.493 e. The predicted molar refractivity (Wildman–Crippen MR) is 106 cm³/mol. The van der Waals surface area contributed by atoms with Gasteiger partial charge in [-0.3, -0.25) is 9.80 Å². The standard InChI is InChI=1S/C22H27F3N2O2/c1-3-29-21-14-17(8-9-20(21)28-2)15-26-10-12-27(13-11-26)16-18-6-4-5-7-19(18)22(23,24)25/h4-9,14H,3,10-13,15-16H2,1-2H3. The Bertz CT molecular complexity index is 803. The molecule has 0 N–H and O–H groups in total. The van der Waals surface area contributed by atoms with Gasteiger partial charge >= 0.3 is 6.18 Å². The first-order chi connectivity index (χ1) is 13.9. The van der Waals surface area contributed by atoms with Crippen LogP contribution in [-0.2, 0) is 19.3 Å². The Morgan fingerprint density at radius 3 is 2.17 bits per heavy atom. The first kappa shape index (κ1) is 21.5. The summed E-state index contributed by atoms with van der Waals surface area (Å²) in [6.45, 7) is 6.69. The summed E-state index contributed by atoms with van der Waals surface area (Å²) in [5.74, 6) is 1.44. The van der Waals surface area contributed by atoms with E-state index in [-0.39, 0.29) is 0 Å². The Kier molecular flexibility index (Phi) is 7.03. The van der Waals surface area contributed by atoms with Crippen LogP contribution in [-0.4, -0.2) is 49.7 Å². The zero-order chi connectivity index (χ0) is 20.9. The van der Waals surface area contributed by atoms with Gasteiger partial charge in [-0.25, -0.2) is 0 Å². The number of alkyl halides is 3. The van der Waals surface area contributed by atoms with E-state index in [0.29, 0.717) is 24.5 Å². The Morgan fingerprint density at radius 2 is 1.55 bits per heavy atom. The van der Waals surface area contributed by atoms with Crippen molar-refractivity contribution in [2.75, 3.05) is 39.9 Å². The van der Waals surface area contributed by atoms with Gasteiger partial charge in [0.15, 0.2) is 11.5 Å². The van der Waals surface area contributed by atoms with Gasteiger partial charge in [-0.2, -0.15) is 13.2 Å². The van der Waals surface area contributed by atoms with Crippen molar-refractivity contribution in [2.45, 2.75) is 26.2 Å². The lowest BCUT2D eigenvalue weighted by atomic mass is 10.1. The molecule has 0 saturated carbocycles. The molecule has 2 aromatic carbocycles. The van der Waals surface area contributed by atoms with Gasteiger partial charge in [0.2, 0.25) is 0 Å². The van der Waals surface area contributed by atoms with E-state index in [9.17, 15) is 13.2 Å². The van der Waals surface area contributed by atoms with Gasteiger partial charge in [0, 0.05) is 39.3 Å². The Balaban J connectivity index is 1.57. The minimum atomic E-state index is -4.31. The summed E-state index contributed by atoms with van der Waals surface area (Å²) < 4.78 is 50.6. The van der Waals surface area contributed by atoms with Crippen molar-refractivity contribution in [3.05, 3.63) is 59.2 Å². The van der Waals surface area contributed by atoms with Crippen LogP contribution in [0.3, 0.4) is 0 Å². The molecule has 0 atom stereocenters. The van der Waals surface area contributed by atoms with Crippen molar-refractivity contribution in [2.24, 2.45) is 0 Å². The number of hydrogen-bond donors (Lipinski definition) is 0. The van der Waals surface area contributed by atoms with Gasteiger partial charge in [0.05, 0.1) is 19.3 Å². The Morgan fingerprint density at radius 1 is 0.897 bits per heavy atom.